The van der Waals surface area contributed by atoms with Crippen molar-refractivity contribution >= 4 is 17.2 Å². The summed E-state index contributed by atoms with van der Waals surface area (Å²) in [6, 6.07) is 18.4. The highest BCUT2D eigenvalue weighted by atomic mass is 32.1. The van der Waals surface area contributed by atoms with E-state index in [0.29, 0.717) is 12.3 Å². The number of carbonyl (C=O) groups is 1. The van der Waals surface area contributed by atoms with Gasteiger partial charge in [-0.3, -0.25) is 14.7 Å². The summed E-state index contributed by atoms with van der Waals surface area (Å²) in [5.74, 6) is 0.468. The Hall–Kier alpha value is -2.50. The summed E-state index contributed by atoms with van der Waals surface area (Å²) in [7, 11) is 0. The molecule has 0 aliphatic carbocycles. The second-order valence-electron chi connectivity index (χ2n) is 8.45. The molecule has 3 aromatic rings. The molecule has 3 heterocycles. The number of amides is 1. The lowest BCUT2D eigenvalue weighted by atomic mass is 9.88. The summed E-state index contributed by atoms with van der Waals surface area (Å²) in [6.07, 6.45) is 5.35. The van der Waals surface area contributed by atoms with E-state index in [4.69, 9.17) is 0 Å². The second-order valence-corrected chi connectivity index (χ2v) is 9.45. The van der Waals surface area contributed by atoms with Crippen LogP contribution in [0.3, 0.4) is 0 Å². The second kappa shape index (κ2) is 10.7. The van der Waals surface area contributed by atoms with Gasteiger partial charge in [0.2, 0.25) is 5.91 Å². The van der Waals surface area contributed by atoms with Crippen LogP contribution in [0.2, 0.25) is 0 Å². The molecule has 1 saturated heterocycles. The van der Waals surface area contributed by atoms with Crippen molar-refractivity contribution in [3.8, 4) is 0 Å². The highest BCUT2D eigenvalue weighted by Crippen LogP contribution is 2.30. The molecule has 0 saturated carbocycles. The number of aryl methyl sites for hydroxylation is 2. The van der Waals surface area contributed by atoms with E-state index in [1.54, 1.807) is 0 Å². The van der Waals surface area contributed by atoms with Crippen LogP contribution in [-0.4, -0.2) is 28.9 Å². The number of piperidine rings is 1. The van der Waals surface area contributed by atoms with Crippen molar-refractivity contribution in [2.45, 2.75) is 45.2 Å². The smallest absolute Gasteiger partial charge is 0.220 e. The van der Waals surface area contributed by atoms with Crippen LogP contribution >= 0.6 is 11.3 Å². The van der Waals surface area contributed by atoms with Crippen molar-refractivity contribution in [2.24, 2.45) is 5.92 Å². The van der Waals surface area contributed by atoms with Crippen LogP contribution in [-0.2, 0) is 17.8 Å². The van der Waals surface area contributed by atoms with E-state index in [-0.39, 0.29) is 11.9 Å². The Bertz CT molecular complexity index is 957. The van der Waals surface area contributed by atoms with Crippen molar-refractivity contribution in [3.63, 3.8) is 0 Å². The molecule has 0 spiro atoms. The van der Waals surface area contributed by atoms with Crippen LogP contribution < -0.4 is 5.32 Å². The first-order valence-corrected chi connectivity index (χ1v) is 12.1. The van der Waals surface area contributed by atoms with Gasteiger partial charge in [0.05, 0.1) is 11.7 Å². The molecule has 1 aliphatic rings. The number of nitrogens with zero attached hydrogens (tertiary/aromatic N) is 2. The number of thiophene rings is 1. The number of hydrogen-bond acceptors (Lipinski definition) is 4. The fraction of sp³-hybridized carbons (Fsp3) is 0.385. The number of aromatic nitrogens is 1. The summed E-state index contributed by atoms with van der Waals surface area (Å²) >= 11 is 1.84. The molecule has 4 nitrogen and oxygen atoms in total. The fourth-order valence-corrected chi connectivity index (χ4v) is 5.37. The minimum atomic E-state index is -0.0447. The fourth-order valence-electron chi connectivity index (χ4n) is 4.42. The molecule has 1 amide bonds. The lowest BCUT2D eigenvalue weighted by Gasteiger charge is -2.37. The first-order chi connectivity index (χ1) is 15.2. The maximum Gasteiger partial charge on any atom is 0.220 e. The maximum absolute atomic E-state index is 12.9. The Morgan fingerprint density at radius 3 is 2.77 bits per heavy atom. The van der Waals surface area contributed by atoms with Gasteiger partial charge in [0.25, 0.3) is 0 Å². The average molecular weight is 434 g/mol. The third kappa shape index (κ3) is 6.02. The van der Waals surface area contributed by atoms with E-state index in [1.807, 2.05) is 53.9 Å². The van der Waals surface area contributed by atoms with E-state index in [9.17, 15) is 4.79 Å². The minimum absolute atomic E-state index is 0.0447. The number of likely N-dealkylation sites (tertiary alicyclic amines) is 1. The Labute approximate surface area is 189 Å². The van der Waals surface area contributed by atoms with Gasteiger partial charge >= 0.3 is 0 Å². The molecule has 1 fully saturated rings. The number of benzene rings is 1. The van der Waals surface area contributed by atoms with Gasteiger partial charge in [-0.1, -0.05) is 36.4 Å². The predicted molar refractivity (Wildman–Crippen MR) is 127 cm³/mol. The van der Waals surface area contributed by atoms with Gasteiger partial charge in [-0.15, -0.1) is 11.3 Å². The molecular weight excluding hydrogens is 402 g/mol. The monoisotopic (exact) mass is 433 g/mol. The lowest BCUT2D eigenvalue weighted by Crippen LogP contribution is -2.43. The minimum Gasteiger partial charge on any atom is -0.347 e. The first kappa shape index (κ1) is 21.7. The van der Waals surface area contributed by atoms with Crippen LogP contribution in [0.5, 0.6) is 0 Å². The summed E-state index contributed by atoms with van der Waals surface area (Å²) in [4.78, 5) is 21.5. The van der Waals surface area contributed by atoms with Gasteiger partial charge in [-0.2, -0.15) is 0 Å². The zero-order chi connectivity index (χ0) is 21.5. The third-order valence-electron chi connectivity index (χ3n) is 6.16. The molecule has 31 heavy (non-hydrogen) atoms. The van der Waals surface area contributed by atoms with Gasteiger partial charge in [0.1, 0.15) is 0 Å². The standard InChI is InChI=1S/C26H31N3OS/c1-20-14-17-31-24(20)19-29-16-7-10-22(18-29)26(23-11-5-6-15-27-23)28-25(30)13-12-21-8-3-2-4-9-21/h2-6,8-9,11,14-15,17,22,26H,7,10,12-13,16,18-19H2,1H3,(H,28,30). The Kier molecular flexibility index (Phi) is 7.49. The quantitative estimate of drug-likeness (QED) is 0.534. The van der Waals surface area contributed by atoms with Gasteiger partial charge < -0.3 is 5.32 Å². The van der Waals surface area contributed by atoms with E-state index in [0.717, 1.165) is 44.6 Å². The Morgan fingerprint density at radius 1 is 1.19 bits per heavy atom. The predicted octanol–water partition coefficient (Wildman–Crippen LogP) is 5.15. The van der Waals surface area contributed by atoms with Gasteiger partial charge in [0, 0.05) is 30.6 Å². The Morgan fingerprint density at radius 2 is 2.03 bits per heavy atom. The Balaban J connectivity index is 1.43. The molecule has 1 N–H and O–H groups in total. The maximum atomic E-state index is 12.9. The molecule has 0 radical (unpaired) electrons. The zero-order valence-electron chi connectivity index (χ0n) is 18.2. The van der Waals surface area contributed by atoms with Gasteiger partial charge in [-0.25, -0.2) is 0 Å². The van der Waals surface area contributed by atoms with Gasteiger partial charge in [0.15, 0.2) is 0 Å². The molecule has 0 bridgehead atoms. The van der Waals surface area contributed by atoms with E-state index in [2.05, 4.69) is 45.7 Å². The largest absolute Gasteiger partial charge is 0.347 e. The molecule has 1 aromatic carbocycles. The zero-order valence-corrected chi connectivity index (χ0v) is 19.0. The molecule has 162 valence electrons. The average Bonchev–Trinajstić information content (AvgIpc) is 3.21. The number of carbonyl (C=O) groups excluding carboxylic acids is 1. The molecule has 2 unspecified atom stereocenters. The van der Waals surface area contributed by atoms with Gasteiger partial charge in [-0.05, 0) is 73.4 Å². The van der Waals surface area contributed by atoms with E-state index >= 15 is 0 Å². The molecule has 2 atom stereocenters. The normalized spacial score (nSPS) is 17.9. The first-order valence-electron chi connectivity index (χ1n) is 11.2. The highest BCUT2D eigenvalue weighted by molar-refractivity contribution is 7.10. The molecule has 4 rings (SSSR count). The number of pyridine rings is 1. The summed E-state index contributed by atoms with van der Waals surface area (Å²) in [5, 5.41) is 5.51. The lowest BCUT2D eigenvalue weighted by molar-refractivity contribution is -0.122. The summed E-state index contributed by atoms with van der Waals surface area (Å²) in [5.41, 5.74) is 3.54. The summed E-state index contributed by atoms with van der Waals surface area (Å²) < 4.78 is 0. The van der Waals surface area contributed by atoms with Crippen LogP contribution in [0.1, 0.15) is 47.0 Å². The molecule has 5 heteroatoms. The molecule has 2 aromatic heterocycles. The van der Waals surface area contributed by atoms with Crippen molar-refractivity contribution in [1.82, 2.24) is 15.2 Å². The third-order valence-corrected chi connectivity index (χ3v) is 7.16. The van der Waals surface area contributed by atoms with Crippen LogP contribution in [0, 0.1) is 12.8 Å². The molecule has 1 aliphatic heterocycles. The van der Waals surface area contributed by atoms with Crippen molar-refractivity contribution in [1.29, 1.82) is 0 Å². The van der Waals surface area contributed by atoms with Crippen LogP contribution in [0.15, 0.2) is 66.2 Å². The van der Waals surface area contributed by atoms with Crippen LogP contribution in [0.4, 0.5) is 0 Å². The summed E-state index contributed by atoms with van der Waals surface area (Å²) in [6.45, 7) is 5.29. The van der Waals surface area contributed by atoms with Crippen molar-refractivity contribution in [3.05, 3.63) is 87.9 Å². The molecular formula is C26H31N3OS. The number of hydrogen-bond donors (Lipinski definition) is 1. The SMILES string of the molecule is Cc1ccsc1CN1CCCC(C(NC(=O)CCc2ccccc2)c2ccccn2)C1. The highest BCUT2D eigenvalue weighted by Gasteiger charge is 2.30. The van der Waals surface area contributed by atoms with Crippen molar-refractivity contribution in [2.75, 3.05) is 13.1 Å². The van der Waals surface area contributed by atoms with Crippen LogP contribution in [0.25, 0.3) is 0 Å². The van der Waals surface area contributed by atoms with E-state index in [1.165, 1.54) is 16.0 Å². The van der Waals surface area contributed by atoms with E-state index < -0.39 is 0 Å². The number of nitrogens with one attached hydrogen (secondary N) is 1. The van der Waals surface area contributed by atoms with Crippen molar-refractivity contribution < 1.29 is 4.79 Å². The topological polar surface area (TPSA) is 45.2 Å². The number of rotatable bonds is 8.